The van der Waals surface area contributed by atoms with Crippen molar-refractivity contribution in [3.05, 3.63) is 92.0 Å². The van der Waals surface area contributed by atoms with Crippen molar-refractivity contribution in [3.63, 3.8) is 0 Å². The Morgan fingerprint density at radius 1 is 0.630 bits per heavy atom. The summed E-state index contributed by atoms with van der Waals surface area (Å²) >= 11 is 11.8. The van der Waals surface area contributed by atoms with E-state index in [4.69, 9.17) is 42.1 Å². The average molecular weight is 788 g/mol. The van der Waals surface area contributed by atoms with Crippen LogP contribution in [0.3, 0.4) is 0 Å². The first kappa shape index (κ1) is 40.7. The molecule has 2 saturated heterocycles. The summed E-state index contributed by atoms with van der Waals surface area (Å²) in [6, 6.07) is 16.3. The van der Waals surface area contributed by atoms with Gasteiger partial charge in [-0.3, -0.25) is 29.8 Å². The van der Waals surface area contributed by atoms with Crippen LogP contribution in [0.1, 0.15) is 72.1 Å². The van der Waals surface area contributed by atoms with E-state index in [1.165, 1.54) is 36.4 Å². The van der Waals surface area contributed by atoms with Crippen LogP contribution in [0.4, 0.5) is 22.7 Å². The van der Waals surface area contributed by atoms with Gasteiger partial charge in [0.05, 0.1) is 59.5 Å². The molecule has 16 heteroatoms. The van der Waals surface area contributed by atoms with Crippen LogP contribution in [0.25, 0.3) is 0 Å². The number of nitro benzene ring substituents is 2. The second-order valence-corrected chi connectivity index (χ2v) is 13.9. The number of rotatable bonds is 22. The standard InChI is InChI=1S/C38H44Cl2N4O10/c39-37(45)33-24-36(54-22-4-2-20-52-26-32-8-6-18-42(32)28-11-15-30(16-12-28)44(49)50)34(38(40)46)23-35(33)53-21-3-1-19-51-25-31-7-5-17-41(31)27-9-13-29(14-10-27)43(47)48/h9-16,23-24,31-32H,1-8,17-22,25-26H2. The van der Waals surface area contributed by atoms with Gasteiger partial charge < -0.3 is 28.7 Å². The van der Waals surface area contributed by atoms with Crippen molar-refractivity contribution in [2.24, 2.45) is 0 Å². The summed E-state index contributed by atoms with van der Waals surface area (Å²) in [5.41, 5.74) is 2.13. The third-order valence-electron chi connectivity index (χ3n) is 9.55. The maximum atomic E-state index is 12.3. The molecular weight excluding hydrogens is 743 g/mol. The third-order valence-corrected chi connectivity index (χ3v) is 9.95. The second kappa shape index (κ2) is 20.3. The fourth-order valence-corrected chi connectivity index (χ4v) is 7.05. The maximum Gasteiger partial charge on any atom is 0.269 e. The van der Waals surface area contributed by atoms with Crippen molar-refractivity contribution in [1.82, 2.24) is 0 Å². The van der Waals surface area contributed by atoms with Gasteiger partial charge in [0.15, 0.2) is 0 Å². The van der Waals surface area contributed by atoms with Gasteiger partial charge in [-0.1, -0.05) is 0 Å². The lowest BCUT2D eigenvalue weighted by molar-refractivity contribution is -0.385. The van der Waals surface area contributed by atoms with Crippen molar-refractivity contribution >= 4 is 56.4 Å². The zero-order chi connectivity index (χ0) is 38.5. The lowest BCUT2D eigenvalue weighted by Gasteiger charge is -2.26. The Labute approximate surface area is 323 Å². The van der Waals surface area contributed by atoms with Gasteiger partial charge in [-0.25, -0.2) is 0 Å². The van der Waals surface area contributed by atoms with Gasteiger partial charge >= 0.3 is 0 Å². The van der Waals surface area contributed by atoms with E-state index in [1.54, 1.807) is 24.3 Å². The van der Waals surface area contributed by atoms with Gasteiger partial charge in [-0.15, -0.1) is 0 Å². The van der Waals surface area contributed by atoms with Crippen LogP contribution in [0.2, 0.25) is 0 Å². The van der Waals surface area contributed by atoms with E-state index in [0.29, 0.717) is 52.1 Å². The van der Waals surface area contributed by atoms with Crippen LogP contribution in [-0.2, 0) is 9.47 Å². The van der Waals surface area contributed by atoms with E-state index in [2.05, 4.69) is 9.80 Å². The highest BCUT2D eigenvalue weighted by Crippen LogP contribution is 2.33. The SMILES string of the molecule is O=C(Cl)c1cc(OCCCCOCC2CCCN2c2ccc([N+](=O)[O-])cc2)c(C(=O)Cl)cc1OCCCCOCC1CCCN1c1ccc([N+](=O)[O-])cc1. The molecule has 2 aliphatic heterocycles. The highest BCUT2D eigenvalue weighted by Gasteiger charge is 2.27. The number of nitrogens with zero attached hydrogens (tertiary/aromatic N) is 4. The summed E-state index contributed by atoms with van der Waals surface area (Å²) in [7, 11) is 0. The Balaban J connectivity index is 1.01. The van der Waals surface area contributed by atoms with Crippen LogP contribution < -0.4 is 19.3 Å². The third kappa shape index (κ3) is 11.3. The van der Waals surface area contributed by atoms with Crippen molar-refractivity contribution in [3.8, 4) is 11.5 Å². The van der Waals surface area contributed by atoms with Crippen molar-refractivity contribution in [2.75, 3.05) is 62.5 Å². The molecule has 5 rings (SSSR count). The summed E-state index contributed by atoms with van der Waals surface area (Å²) in [5.74, 6) is 0.278. The van der Waals surface area contributed by atoms with E-state index >= 15 is 0 Å². The molecule has 0 N–H and O–H groups in total. The largest absolute Gasteiger partial charge is 0.493 e. The van der Waals surface area contributed by atoms with E-state index < -0.39 is 20.3 Å². The normalized spacial score (nSPS) is 16.8. The molecule has 3 aromatic carbocycles. The molecule has 0 aliphatic carbocycles. The quantitative estimate of drug-likeness (QED) is 0.0419. The molecule has 2 fully saturated rings. The fraction of sp³-hybridized carbons (Fsp3) is 0.474. The average Bonchev–Trinajstić information content (AvgIpc) is 3.84. The van der Waals surface area contributed by atoms with Crippen LogP contribution >= 0.6 is 23.2 Å². The minimum atomic E-state index is -0.760. The maximum absolute atomic E-state index is 12.3. The molecule has 0 aromatic heterocycles. The number of carbonyl (C=O) groups is 2. The molecule has 2 unspecified atom stereocenters. The molecular formula is C38H44Cl2N4O10. The molecule has 2 heterocycles. The monoisotopic (exact) mass is 786 g/mol. The van der Waals surface area contributed by atoms with E-state index in [-0.39, 0.29) is 59.3 Å². The van der Waals surface area contributed by atoms with E-state index in [0.717, 1.165) is 50.1 Å². The number of unbranched alkanes of at least 4 members (excludes halogenated alkanes) is 2. The number of hydrogen-bond donors (Lipinski definition) is 0. The van der Waals surface area contributed by atoms with E-state index in [9.17, 15) is 29.8 Å². The lowest BCUT2D eigenvalue weighted by Crippen LogP contribution is -2.33. The first-order chi connectivity index (χ1) is 26.1. The molecule has 0 radical (unpaired) electrons. The number of non-ortho nitro benzene ring substituents is 2. The molecule has 0 amide bonds. The summed E-state index contributed by atoms with van der Waals surface area (Å²) < 4.78 is 23.6. The minimum absolute atomic E-state index is 0.0623. The first-order valence-corrected chi connectivity index (χ1v) is 18.9. The summed E-state index contributed by atoms with van der Waals surface area (Å²) in [4.78, 5) is 50.2. The Bertz CT molecular complexity index is 1620. The smallest absolute Gasteiger partial charge is 0.269 e. The molecule has 14 nitrogen and oxygen atoms in total. The molecule has 3 aromatic rings. The Morgan fingerprint density at radius 3 is 1.35 bits per heavy atom. The number of hydrogen-bond acceptors (Lipinski definition) is 12. The fourth-order valence-electron chi connectivity index (χ4n) is 6.75. The number of nitro groups is 2. The van der Waals surface area contributed by atoms with Crippen LogP contribution in [0, 0.1) is 20.2 Å². The van der Waals surface area contributed by atoms with Crippen LogP contribution in [0.15, 0.2) is 60.7 Å². The van der Waals surface area contributed by atoms with Crippen molar-refractivity contribution in [2.45, 2.75) is 63.5 Å². The molecule has 54 heavy (non-hydrogen) atoms. The zero-order valence-corrected chi connectivity index (χ0v) is 31.4. The highest BCUT2D eigenvalue weighted by atomic mass is 35.5. The topological polar surface area (TPSA) is 164 Å². The summed E-state index contributed by atoms with van der Waals surface area (Å²) in [5, 5.41) is 20.4. The summed E-state index contributed by atoms with van der Waals surface area (Å²) in [6.45, 7) is 4.29. The van der Waals surface area contributed by atoms with Crippen LogP contribution in [-0.4, -0.2) is 85.1 Å². The van der Waals surface area contributed by atoms with Crippen molar-refractivity contribution < 1.29 is 38.4 Å². The molecule has 0 saturated carbocycles. The number of halogens is 2. The number of carbonyl (C=O) groups excluding carboxylic acids is 2. The Kier molecular flexibility index (Phi) is 15.3. The lowest BCUT2D eigenvalue weighted by atomic mass is 10.1. The van der Waals surface area contributed by atoms with Gasteiger partial charge in [0.2, 0.25) is 0 Å². The highest BCUT2D eigenvalue weighted by molar-refractivity contribution is 6.69. The summed E-state index contributed by atoms with van der Waals surface area (Å²) in [6.07, 6.45) is 6.60. The molecule has 2 atom stereocenters. The molecule has 0 bridgehead atoms. The predicted octanol–water partition coefficient (Wildman–Crippen LogP) is 7.95. The van der Waals surface area contributed by atoms with Gasteiger partial charge in [0, 0.05) is 61.9 Å². The number of ether oxygens (including phenoxy) is 4. The zero-order valence-electron chi connectivity index (χ0n) is 29.9. The van der Waals surface area contributed by atoms with Gasteiger partial charge in [0.1, 0.15) is 11.5 Å². The van der Waals surface area contributed by atoms with Gasteiger partial charge in [-0.05, 0) is 111 Å². The molecule has 0 spiro atoms. The van der Waals surface area contributed by atoms with Crippen LogP contribution in [0.5, 0.6) is 11.5 Å². The minimum Gasteiger partial charge on any atom is -0.493 e. The number of benzene rings is 3. The molecule has 2 aliphatic rings. The second-order valence-electron chi connectivity index (χ2n) is 13.2. The number of anilines is 2. The first-order valence-electron chi connectivity index (χ1n) is 18.1. The van der Waals surface area contributed by atoms with E-state index in [1.807, 2.05) is 0 Å². The Morgan fingerprint density at radius 2 is 1.00 bits per heavy atom. The van der Waals surface area contributed by atoms with Gasteiger partial charge in [0.25, 0.3) is 21.9 Å². The Hall–Kier alpha value is -4.50. The van der Waals surface area contributed by atoms with Crippen molar-refractivity contribution in [1.29, 1.82) is 0 Å². The van der Waals surface area contributed by atoms with Gasteiger partial charge in [-0.2, -0.15) is 0 Å². The predicted molar refractivity (Wildman–Crippen MR) is 205 cm³/mol. The molecule has 290 valence electrons.